The third kappa shape index (κ3) is 4.18. The second kappa shape index (κ2) is 7.87. The second-order valence-corrected chi connectivity index (χ2v) is 7.15. The van der Waals surface area contributed by atoms with Crippen LogP contribution in [0.5, 0.6) is 0 Å². The fourth-order valence-corrected chi connectivity index (χ4v) is 3.32. The van der Waals surface area contributed by atoms with E-state index in [0.717, 1.165) is 11.1 Å². The van der Waals surface area contributed by atoms with E-state index in [9.17, 15) is 14.0 Å². The van der Waals surface area contributed by atoms with E-state index >= 15 is 0 Å². The molecule has 3 aromatic rings. The largest absolute Gasteiger partial charge is 0.356 e. The van der Waals surface area contributed by atoms with Crippen LogP contribution >= 0.6 is 0 Å². The number of halogens is 1. The second-order valence-electron chi connectivity index (χ2n) is 7.15. The van der Waals surface area contributed by atoms with Gasteiger partial charge in [-0.25, -0.2) is 4.39 Å². The molecule has 29 heavy (non-hydrogen) atoms. The summed E-state index contributed by atoms with van der Waals surface area (Å²) in [5, 5.41) is 6.81. The number of nitrogens with one attached hydrogen (secondary N) is 1. The number of benzene rings is 2. The summed E-state index contributed by atoms with van der Waals surface area (Å²) in [6, 6.07) is 15.3. The van der Waals surface area contributed by atoms with Gasteiger partial charge in [-0.1, -0.05) is 35.0 Å². The first-order chi connectivity index (χ1) is 14.0. The number of hydrogen-bond donors (Lipinski definition) is 1. The monoisotopic (exact) mass is 393 g/mol. The topological polar surface area (TPSA) is 75.4 Å². The average Bonchev–Trinajstić information content (AvgIpc) is 3.34. The van der Waals surface area contributed by atoms with Crippen LogP contribution in [0.1, 0.15) is 17.7 Å². The van der Waals surface area contributed by atoms with Crippen molar-refractivity contribution >= 4 is 17.5 Å². The Kier molecular flexibility index (Phi) is 5.12. The Bertz CT molecular complexity index is 1030. The third-order valence-corrected chi connectivity index (χ3v) is 4.97. The van der Waals surface area contributed by atoms with Crippen molar-refractivity contribution in [2.24, 2.45) is 5.92 Å². The van der Waals surface area contributed by atoms with Gasteiger partial charge in [-0.3, -0.25) is 9.59 Å². The number of carbonyl (C=O) groups excluding carboxylic acids is 2. The van der Waals surface area contributed by atoms with Gasteiger partial charge in [0.1, 0.15) is 11.5 Å². The Balaban J connectivity index is 1.35. The summed E-state index contributed by atoms with van der Waals surface area (Å²) in [5.74, 6) is -0.571. The average molecular weight is 393 g/mol. The molecule has 0 saturated carbocycles. The van der Waals surface area contributed by atoms with Gasteiger partial charge in [-0.05, 0) is 31.2 Å². The number of carbonyl (C=O) groups is 2. The number of aromatic nitrogens is 1. The molecule has 1 aliphatic heterocycles. The summed E-state index contributed by atoms with van der Waals surface area (Å²) >= 11 is 0. The van der Waals surface area contributed by atoms with E-state index < -0.39 is 5.92 Å². The summed E-state index contributed by atoms with van der Waals surface area (Å²) in [7, 11) is 0. The predicted molar refractivity (Wildman–Crippen MR) is 105 cm³/mol. The first-order valence-electron chi connectivity index (χ1n) is 9.36. The van der Waals surface area contributed by atoms with Gasteiger partial charge in [-0.15, -0.1) is 0 Å². The molecular weight excluding hydrogens is 373 g/mol. The highest BCUT2D eigenvalue weighted by atomic mass is 19.1. The van der Waals surface area contributed by atoms with Crippen LogP contribution in [-0.4, -0.2) is 23.5 Å². The lowest BCUT2D eigenvalue weighted by Gasteiger charge is -2.16. The maximum Gasteiger partial charge on any atom is 0.227 e. The molecule has 1 aliphatic rings. The quantitative estimate of drug-likeness (QED) is 0.720. The SMILES string of the molecule is Cc1ccc(-c2cc(CNC(=O)C3CC(=O)N(c4ccc(F)cc4)C3)no2)cc1. The first-order valence-corrected chi connectivity index (χ1v) is 9.36. The number of hydrogen-bond acceptors (Lipinski definition) is 4. The van der Waals surface area contributed by atoms with E-state index in [-0.39, 0.29) is 37.1 Å². The van der Waals surface area contributed by atoms with E-state index in [4.69, 9.17) is 4.52 Å². The zero-order valence-corrected chi connectivity index (χ0v) is 15.9. The Morgan fingerprint density at radius 1 is 1.21 bits per heavy atom. The first kappa shape index (κ1) is 18.9. The standard InChI is InChI=1S/C22H20FN3O3/c1-14-2-4-15(5-3-14)20-11-18(25-29-20)12-24-22(28)16-10-21(27)26(13-16)19-8-6-17(23)7-9-19/h2-9,11,16H,10,12-13H2,1H3,(H,24,28). The van der Waals surface area contributed by atoms with Crippen molar-refractivity contribution in [3.8, 4) is 11.3 Å². The maximum atomic E-state index is 13.1. The molecule has 7 heteroatoms. The molecule has 1 atom stereocenters. The van der Waals surface area contributed by atoms with Crippen LogP contribution in [0.3, 0.4) is 0 Å². The Hall–Kier alpha value is -3.48. The van der Waals surface area contributed by atoms with Crippen LogP contribution in [0.4, 0.5) is 10.1 Å². The third-order valence-electron chi connectivity index (χ3n) is 4.97. The van der Waals surface area contributed by atoms with Gasteiger partial charge in [0.15, 0.2) is 5.76 Å². The summed E-state index contributed by atoms with van der Waals surface area (Å²) in [5.41, 5.74) is 3.26. The molecule has 1 N–H and O–H groups in total. The highest BCUT2D eigenvalue weighted by molar-refractivity contribution is 6.00. The molecule has 0 aliphatic carbocycles. The highest BCUT2D eigenvalue weighted by Gasteiger charge is 2.35. The number of amides is 2. The lowest BCUT2D eigenvalue weighted by Crippen LogP contribution is -2.32. The van der Waals surface area contributed by atoms with Crippen LogP contribution in [0.25, 0.3) is 11.3 Å². The smallest absolute Gasteiger partial charge is 0.227 e. The van der Waals surface area contributed by atoms with Crippen molar-refractivity contribution in [3.05, 3.63) is 71.7 Å². The van der Waals surface area contributed by atoms with E-state index in [1.807, 2.05) is 31.2 Å². The van der Waals surface area contributed by atoms with Crippen molar-refractivity contribution in [1.82, 2.24) is 10.5 Å². The van der Waals surface area contributed by atoms with Crippen LogP contribution < -0.4 is 10.2 Å². The number of aryl methyl sites for hydroxylation is 1. The normalized spacial score (nSPS) is 16.3. The number of anilines is 1. The van der Waals surface area contributed by atoms with Gasteiger partial charge in [0.25, 0.3) is 0 Å². The fourth-order valence-electron chi connectivity index (χ4n) is 3.32. The van der Waals surface area contributed by atoms with Gasteiger partial charge in [0.2, 0.25) is 11.8 Å². The Morgan fingerprint density at radius 3 is 2.66 bits per heavy atom. The number of nitrogens with zero attached hydrogens (tertiary/aromatic N) is 2. The molecule has 0 bridgehead atoms. The fraction of sp³-hybridized carbons (Fsp3) is 0.227. The minimum atomic E-state index is -0.462. The van der Waals surface area contributed by atoms with Crippen LogP contribution in [-0.2, 0) is 16.1 Å². The minimum absolute atomic E-state index is 0.122. The van der Waals surface area contributed by atoms with E-state index in [0.29, 0.717) is 17.1 Å². The van der Waals surface area contributed by atoms with Gasteiger partial charge in [0, 0.05) is 30.3 Å². The zero-order chi connectivity index (χ0) is 20.4. The van der Waals surface area contributed by atoms with Crippen molar-refractivity contribution < 1.29 is 18.5 Å². The number of rotatable bonds is 5. The van der Waals surface area contributed by atoms with Crippen LogP contribution in [0, 0.1) is 18.7 Å². The van der Waals surface area contributed by atoms with Gasteiger partial charge in [0.05, 0.1) is 12.5 Å². The van der Waals surface area contributed by atoms with Crippen molar-refractivity contribution in [2.45, 2.75) is 19.9 Å². The maximum absolute atomic E-state index is 13.1. The summed E-state index contributed by atoms with van der Waals surface area (Å²) in [4.78, 5) is 26.3. The van der Waals surface area contributed by atoms with Gasteiger partial charge >= 0.3 is 0 Å². The molecule has 1 aromatic heterocycles. The predicted octanol–water partition coefficient (Wildman–Crippen LogP) is 3.46. The molecule has 0 spiro atoms. The molecule has 1 saturated heterocycles. The molecule has 148 valence electrons. The lowest BCUT2D eigenvalue weighted by atomic mass is 10.1. The zero-order valence-electron chi connectivity index (χ0n) is 15.9. The van der Waals surface area contributed by atoms with Crippen LogP contribution in [0.15, 0.2) is 59.1 Å². The van der Waals surface area contributed by atoms with Crippen molar-refractivity contribution in [1.29, 1.82) is 0 Å². The van der Waals surface area contributed by atoms with Crippen molar-refractivity contribution in [2.75, 3.05) is 11.4 Å². The minimum Gasteiger partial charge on any atom is -0.356 e. The molecule has 4 rings (SSSR count). The molecule has 1 fully saturated rings. The highest BCUT2D eigenvalue weighted by Crippen LogP contribution is 2.26. The molecular formula is C22H20FN3O3. The van der Waals surface area contributed by atoms with E-state index in [1.54, 1.807) is 6.07 Å². The molecule has 1 unspecified atom stereocenters. The summed E-state index contributed by atoms with van der Waals surface area (Å²) in [6.45, 7) is 2.50. The van der Waals surface area contributed by atoms with Gasteiger partial charge in [-0.2, -0.15) is 0 Å². The van der Waals surface area contributed by atoms with E-state index in [2.05, 4.69) is 10.5 Å². The summed E-state index contributed by atoms with van der Waals surface area (Å²) in [6.07, 6.45) is 0.122. The van der Waals surface area contributed by atoms with Crippen molar-refractivity contribution in [3.63, 3.8) is 0 Å². The van der Waals surface area contributed by atoms with E-state index in [1.165, 1.54) is 29.2 Å². The molecule has 0 radical (unpaired) electrons. The summed E-state index contributed by atoms with van der Waals surface area (Å²) < 4.78 is 18.4. The molecule has 2 heterocycles. The lowest BCUT2D eigenvalue weighted by molar-refractivity contribution is -0.126. The van der Waals surface area contributed by atoms with Crippen LogP contribution in [0.2, 0.25) is 0 Å². The molecule has 2 aromatic carbocycles. The molecule has 6 nitrogen and oxygen atoms in total. The molecule has 2 amide bonds. The van der Waals surface area contributed by atoms with Gasteiger partial charge < -0.3 is 14.7 Å². The Labute approximate surface area is 167 Å². The Morgan fingerprint density at radius 2 is 1.93 bits per heavy atom.